The molecule has 0 radical (unpaired) electrons. The number of amides is 2. The van der Waals surface area contributed by atoms with Gasteiger partial charge in [0.05, 0.1) is 13.2 Å². The van der Waals surface area contributed by atoms with Gasteiger partial charge in [0, 0.05) is 31.7 Å². The molecular weight excluding hydrogens is 386 g/mol. The van der Waals surface area contributed by atoms with Gasteiger partial charge in [-0.05, 0) is 67.3 Å². The summed E-state index contributed by atoms with van der Waals surface area (Å²) < 4.78 is 5.45. The minimum absolute atomic E-state index is 0.0111. The number of carbonyl (C=O) groups excluding carboxylic acids is 1. The van der Waals surface area contributed by atoms with E-state index >= 15 is 0 Å². The Morgan fingerprint density at radius 1 is 1.16 bits per heavy atom. The van der Waals surface area contributed by atoms with Crippen molar-refractivity contribution in [3.05, 3.63) is 65.2 Å². The maximum absolute atomic E-state index is 13.3. The highest BCUT2D eigenvalue weighted by molar-refractivity contribution is 5.75. The van der Waals surface area contributed by atoms with Crippen molar-refractivity contribution in [2.75, 3.05) is 26.7 Å². The van der Waals surface area contributed by atoms with Gasteiger partial charge in [0.1, 0.15) is 5.75 Å². The Bertz CT molecular complexity index is 932. The third-order valence-electron chi connectivity index (χ3n) is 7.57. The van der Waals surface area contributed by atoms with E-state index in [9.17, 15) is 4.79 Å². The average molecular weight is 420 g/mol. The molecule has 2 aromatic carbocycles. The van der Waals surface area contributed by atoms with E-state index in [4.69, 9.17) is 4.74 Å². The summed E-state index contributed by atoms with van der Waals surface area (Å²) >= 11 is 0. The van der Waals surface area contributed by atoms with Gasteiger partial charge in [-0.3, -0.25) is 4.90 Å². The van der Waals surface area contributed by atoms with Gasteiger partial charge in [-0.2, -0.15) is 0 Å². The predicted molar refractivity (Wildman–Crippen MR) is 122 cm³/mol. The minimum Gasteiger partial charge on any atom is -0.497 e. The van der Waals surface area contributed by atoms with Crippen LogP contribution in [0.5, 0.6) is 5.75 Å². The van der Waals surface area contributed by atoms with Crippen molar-refractivity contribution < 1.29 is 9.53 Å². The molecule has 2 aromatic rings. The Balaban J connectivity index is 1.34. The fourth-order valence-corrected chi connectivity index (χ4v) is 5.91. The van der Waals surface area contributed by atoms with Crippen LogP contribution < -0.4 is 10.1 Å². The number of benzene rings is 2. The first-order valence-corrected chi connectivity index (χ1v) is 11.7. The molecule has 3 aliphatic heterocycles. The molecule has 5 nitrogen and oxygen atoms in total. The molecule has 2 fully saturated rings. The lowest BCUT2D eigenvalue weighted by atomic mass is 9.76. The quantitative estimate of drug-likeness (QED) is 0.794. The summed E-state index contributed by atoms with van der Waals surface area (Å²) in [6.07, 6.45) is 4.43. The molecule has 0 spiro atoms. The number of fused-ring (bicyclic) bond motifs is 4. The Kier molecular flexibility index (Phi) is 5.61. The van der Waals surface area contributed by atoms with Gasteiger partial charge in [0.15, 0.2) is 0 Å². The summed E-state index contributed by atoms with van der Waals surface area (Å²) in [4.78, 5) is 18.1. The number of urea groups is 1. The Morgan fingerprint density at radius 2 is 2.00 bits per heavy atom. The maximum atomic E-state index is 13.3. The van der Waals surface area contributed by atoms with E-state index < -0.39 is 0 Å². The van der Waals surface area contributed by atoms with Crippen LogP contribution in [-0.2, 0) is 6.42 Å². The second-order valence-corrected chi connectivity index (χ2v) is 9.31. The van der Waals surface area contributed by atoms with Crippen LogP contribution in [-0.4, -0.2) is 48.6 Å². The first-order chi connectivity index (χ1) is 15.1. The Hall–Kier alpha value is -2.53. The van der Waals surface area contributed by atoms with Gasteiger partial charge in [0.25, 0.3) is 0 Å². The molecule has 0 bridgehead atoms. The van der Waals surface area contributed by atoms with E-state index in [-0.39, 0.29) is 12.1 Å². The van der Waals surface area contributed by atoms with Crippen molar-refractivity contribution in [2.24, 2.45) is 5.92 Å². The fraction of sp³-hybridized carbons (Fsp3) is 0.500. The van der Waals surface area contributed by atoms with Crippen LogP contribution in [0.25, 0.3) is 0 Å². The summed E-state index contributed by atoms with van der Waals surface area (Å²) in [5.41, 5.74) is 3.98. The number of piperidine rings is 2. The number of ether oxygens (including phenoxy) is 1. The highest BCUT2D eigenvalue weighted by Gasteiger charge is 2.44. The molecule has 5 heteroatoms. The molecule has 0 aliphatic carbocycles. The smallest absolute Gasteiger partial charge is 0.318 e. The lowest BCUT2D eigenvalue weighted by Crippen LogP contribution is -2.59. The van der Waals surface area contributed by atoms with E-state index in [2.05, 4.69) is 52.4 Å². The number of nitrogens with one attached hydrogen (secondary N) is 1. The number of methoxy groups -OCH3 is 1. The molecule has 5 rings (SSSR count). The molecule has 164 valence electrons. The van der Waals surface area contributed by atoms with E-state index in [1.54, 1.807) is 7.11 Å². The largest absolute Gasteiger partial charge is 0.497 e. The van der Waals surface area contributed by atoms with E-state index in [0.29, 0.717) is 18.0 Å². The zero-order valence-corrected chi connectivity index (χ0v) is 18.6. The maximum Gasteiger partial charge on any atom is 0.318 e. The van der Waals surface area contributed by atoms with Crippen molar-refractivity contribution >= 4 is 6.03 Å². The van der Waals surface area contributed by atoms with Crippen molar-refractivity contribution in [1.29, 1.82) is 0 Å². The lowest BCUT2D eigenvalue weighted by Gasteiger charge is -2.52. The van der Waals surface area contributed by atoms with Crippen molar-refractivity contribution in [3.8, 4) is 5.75 Å². The molecule has 0 unspecified atom stereocenters. The summed E-state index contributed by atoms with van der Waals surface area (Å²) in [5.74, 6) is 1.51. The van der Waals surface area contributed by atoms with Crippen LogP contribution in [0.15, 0.2) is 48.5 Å². The first kappa shape index (κ1) is 20.4. The van der Waals surface area contributed by atoms with E-state index in [1.165, 1.54) is 17.5 Å². The number of nitrogens with zero attached hydrogens (tertiary/aromatic N) is 2. The summed E-state index contributed by atoms with van der Waals surface area (Å²) in [6, 6.07) is 17.6. The van der Waals surface area contributed by atoms with E-state index in [0.717, 1.165) is 50.2 Å². The first-order valence-electron chi connectivity index (χ1n) is 11.7. The Morgan fingerprint density at radius 3 is 2.81 bits per heavy atom. The summed E-state index contributed by atoms with van der Waals surface area (Å²) in [5, 5.41) is 3.26. The minimum atomic E-state index is 0.0111. The summed E-state index contributed by atoms with van der Waals surface area (Å²) in [7, 11) is 1.73. The van der Waals surface area contributed by atoms with Crippen LogP contribution in [0.2, 0.25) is 0 Å². The molecule has 3 aliphatic rings. The van der Waals surface area contributed by atoms with Crippen molar-refractivity contribution in [2.45, 2.75) is 50.7 Å². The number of carbonyl (C=O) groups is 1. The number of likely N-dealkylation sites (tertiary alicyclic amines) is 1. The zero-order chi connectivity index (χ0) is 21.4. The van der Waals surface area contributed by atoms with Crippen LogP contribution in [0, 0.1) is 5.92 Å². The monoisotopic (exact) mass is 419 g/mol. The molecule has 2 saturated heterocycles. The second-order valence-electron chi connectivity index (χ2n) is 9.31. The van der Waals surface area contributed by atoms with Gasteiger partial charge in [-0.25, -0.2) is 4.79 Å². The van der Waals surface area contributed by atoms with Gasteiger partial charge >= 0.3 is 6.03 Å². The SMILES string of the molecule is COc1ccc2c(c1)CCN1C[C@H]3CCCN(C(=O)N[C@H](C)c4ccccc4)[C@H]3C[C@H]21. The third-order valence-corrected chi connectivity index (χ3v) is 7.57. The van der Waals surface area contributed by atoms with Crippen LogP contribution in [0.4, 0.5) is 4.79 Å². The number of rotatable bonds is 3. The Labute approximate surface area is 185 Å². The fourth-order valence-electron chi connectivity index (χ4n) is 5.91. The highest BCUT2D eigenvalue weighted by atomic mass is 16.5. The molecule has 4 atom stereocenters. The van der Waals surface area contributed by atoms with Crippen molar-refractivity contribution in [1.82, 2.24) is 15.1 Å². The van der Waals surface area contributed by atoms with Gasteiger partial charge in [-0.1, -0.05) is 36.4 Å². The lowest BCUT2D eigenvalue weighted by molar-refractivity contribution is 0.00530. The van der Waals surface area contributed by atoms with Gasteiger partial charge in [-0.15, -0.1) is 0 Å². The standard InChI is InChI=1S/C26H33N3O2/c1-18(19-7-4-3-5-8-19)27-26(30)29-13-6-9-21-17-28-14-12-20-15-22(31-2)10-11-23(20)25(28)16-24(21)29/h3-5,7-8,10-11,15,18,21,24-25H,6,9,12-14,16-17H2,1-2H3,(H,27,30)/t18-,21-,24+,25-/m1/s1. The van der Waals surface area contributed by atoms with Crippen LogP contribution >= 0.6 is 0 Å². The van der Waals surface area contributed by atoms with Crippen molar-refractivity contribution in [3.63, 3.8) is 0 Å². The average Bonchev–Trinajstić information content (AvgIpc) is 2.82. The third kappa shape index (κ3) is 3.91. The van der Waals surface area contributed by atoms with E-state index in [1.807, 2.05) is 18.2 Å². The van der Waals surface area contributed by atoms with Gasteiger partial charge < -0.3 is 15.0 Å². The second kappa shape index (κ2) is 8.54. The molecule has 1 N–H and O–H groups in total. The van der Waals surface area contributed by atoms with Crippen LogP contribution in [0.1, 0.15) is 55.0 Å². The van der Waals surface area contributed by atoms with Crippen LogP contribution in [0.3, 0.4) is 0 Å². The zero-order valence-electron chi connectivity index (χ0n) is 18.6. The normalized spacial score (nSPS) is 26.3. The number of hydrogen-bond donors (Lipinski definition) is 1. The predicted octanol–water partition coefficient (Wildman–Crippen LogP) is 4.55. The summed E-state index contributed by atoms with van der Waals surface area (Å²) in [6.45, 7) is 5.13. The molecular formula is C26H33N3O2. The topological polar surface area (TPSA) is 44.8 Å². The highest BCUT2D eigenvalue weighted by Crippen LogP contribution is 2.43. The number of hydrogen-bond acceptors (Lipinski definition) is 3. The van der Waals surface area contributed by atoms with Gasteiger partial charge in [0.2, 0.25) is 0 Å². The molecule has 0 saturated carbocycles. The molecule has 2 amide bonds. The molecule has 0 aromatic heterocycles. The molecule has 3 heterocycles. The molecule has 31 heavy (non-hydrogen) atoms.